The summed E-state index contributed by atoms with van der Waals surface area (Å²) in [6.07, 6.45) is 3.58. The lowest BCUT2D eigenvalue weighted by Gasteiger charge is -2.24. The fourth-order valence-corrected chi connectivity index (χ4v) is 2.35. The van der Waals surface area contributed by atoms with E-state index in [1.807, 2.05) is 6.92 Å². The molecule has 92 valence electrons. The SMILES string of the molecule is CC#CCCN1CCCNC(CC(C)C)C1. The molecule has 0 radical (unpaired) electrons. The van der Waals surface area contributed by atoms with Gasteiger partial charge in [0.1, 0.15) is 0 Å². The van der Waals surface area contributed by atoms with Crippen molar-refractivity contribution in [3.05, 3.63) is 0 Å². The molecule has 0 aromatic carbocycles. The van der Waals surface area contributed by atoms with Crippen molar-refractivity contribution in [2.24, 2.45) is 5.92 Å². The summed E-state index contributed by atoms with van der Waals surface area (Å²) in [4.78, 5) is 2.57. The van der Waals surface area contributed by atoms with Crippen LogP contribution >= 0.6 is 0 Å². The summed E-state index contributed by atoms with van der Waals surface area (Å²) in [5.74, 6) is 6.92. The second kappa shape index (κ2) is 7.70. The molecule has 0 aromatic rings. The number of rotatable bonds is 4. The monoisotopic (exact) mass is 222 g/mol. The topological polar surface area (TPSA) is 15.3 Å². The molecule has 0 aliphatic carbocycles. The standard InChI is InChI=1S/C14H26N2/c1-4-5-6-9-16-10-7-8-15-14(12-16)11-13(2)3/h13-15H,6-12H2,1-3H3. The van der Waals surface area contributed by atoms with Crippen LogP contribution < -0.4 is 5.32 Å². The van der Waals surface area contributed by atoms with Crippen LogP contribution in [0.25, 0.3) is 0 Å². The number of hydrogen-bond donors (Lipinski definition) is 1. The minimum Gasteiger partial charge on any atom is -0.313 e. The molecule has 1 aliphatic heterocycles. The van der Waals surface area contributed by atoms with Crippen molar-refractivity contribution in [1.82, 2.24) is 10.2 Å². The zero-order valence-corrected chi connectivity index (χ0v) is 11.1. The van der Waals surface area contributed by atoms with E-state index in [4.69, 9.17) is 0 Å². The molecule has 1 aliphatic rings. The molecular formula is C14H26N2. The first-order valence-corrected chi connectivity index (χ1v) is 6.57. The lowest BCUT2D eigenvalue weighted by Crippen LogP contribution is -2.38. The summed E-state index contributed by atoms with van der Waals surface area (Å²) < 4.78 is 0. The summed E-state index contributed by atoms with van der Waals surface area (Å²) >= 11 is 0. The molecule has 1 atom stereocenters. The zero-order valence-electron chi connectivity index (χ0n) is 11.1. The highest BCUT2D eigenvalue weighted by molar-refractivity contribution is 4.95. The van der Waals surface area contributed by atoms with Crippen LogP contribution in [-0.4, -0.2) is 37.1 Å². The summed E-state index contributed by atoms with van der Waals surface area (Å²) in [6.45, 7) is 11.3. The minimum absolute atomic E-state index is 0.678. The molecule has 2 nitrogen and oxygen atoms in total. The maximum absolute atomic E-state index is 3.66. The molecule has 0 amide bonds. The largest absolute Gasteiger partial charge is 0.313 e. The second-order valence-electron chi connectivity index (χ2n) is 5.11. The van der Waals surface area contributed by atoms with Crippen LogP contribution in [0.1, 0.15) is 40.0 Å². The molecule has 1 fully saturated rings. The van der Waals surface area contributed by atoms with E-state index in [9.17, 15) is 0 Å². The molecule has 0 aromatic heterocycles. The van der Waals surface area contributed by atoms with Crippen molar-refractivity contribution in [2.45, 2.75) is 46.1 Å². The van der Waals surface area contributed by atoms with Crippen molar-refractivity contribution in [2.75, 3.05) is 26.2 Å². The van der Waals surface area contributed by atoms with Gasteiger partial charge in [-0.05, 0) is 38.8 Å². The van der Waals surface area contributed by atoms with Crippen LogP contribution in [0.2, 0.25) is 0 Å². The van der Waals surface area contributed by atoms with E-state index in [2.05, 4.69) is 35.9 Å². The molecule has 1 N–H and O–H groups in total. The van der Waals surface area contributed by atoms with Gasteiger partial charge < -0.3 is 10.2 Å². The van der Waals surface area contributed by atoms with Crippen molar-refractivity contribution in [3.8, 4) is 11.8 Å². The van der Waals surface area contributed by atoms with Crippen LogP contribution in [0.5, 0.6) is 0 Å². The van der Waals surface area contributed by atoms with E-state index in [1.165, 1.54) is 32.5 Å². The first-order valence-electron chi connectivity index (χ1n) is 6.57. The van der Waals surface area contributed by atoms with E-state index in [0.29, 0.717) is 6.04 Å². The third kappa shape index (κ3) is 5.53. The second-order valence-corrected chi connectivity index (χ2v) is 5.11. The molecule has 1 unspecified atom stereocenters. The van der Waals surface area contributed by atoms with Gasteiger partial charge in [-0.2, -0.15) is 0 Å². The highest BCUT2D eigenvalue weighted by atomic mass is 15.2. The van der Waals surface area contributed by atoms with Gasteiger partial charge in [0, 0.05) is 25.6 Å². The number of hydrogen-bond acceptors (Lipinski definition) is 2. The molecule has 16 heavy (non-hydrogen) atoms. The Labute approximate surface area is 101 Å². The average molecular weight is 222 g/mol. The highest BCUT2D eigenvalue weighted by Crippen LogP contribution is 2.09. The first kappa shape index (κ1) is 13.5. The van der Waals surface area contributed by atoms with Crippen LogP contribution in [0.4, 0.5) is 0 Å². The fourth-order valence-electron chi connectivity index (χ4n) is 2.35. The van der Waals surface area contributed by atoms with Crippen LogP contribution in [0, 0.1) is 17.8 Å². The number of nitrogens with zero attached hydrogens (tertiary/aromatic N) is 1. The van der Waals surface area contributed by atoms with Crippen molar-refractivity contribution in [3.63, 3.8) is 0 Å². The van der Waals surface area contributed by atoms with Crippen molar-refractivity contribution < 1.29 is 0 Å². The van der Waals surface area contributed by atoms with Crippen LogP contribution in [-0.2, 0) is 0 Å². The Bertz CT molecular complexity index is 237. The van der Waals surface area contributed by atoms with Crippen molar-refractivity contribution >= 4 is 0 Å². The Balaban J connectivity index is 2.34. The third-order valence-corrected chi connectivity index (χ3v) is 3.05. The summed E-state index contributed by atoms with van der Waals surface area (Å²) in [6, 6.07) is 0.678. The quantitative estimate of drug-likeness (QED) is 0.733. The lowest BCUT2D eigenvalue weighted by molar-refractivity contribution is 0.260. The normalized spacial score (nSPS) is 22.6. The molecule has 2 heteroatoms. The van der Waals surface area contributed by atoms with Crippen molar-refractivity contribution in [1.29, 1.82) is 0 Å². The van der Waals surface area contributed by atoms with E-state index < -0.39 is 0 Å². The highest BCUT2D eigenvalue weighted by Gasteiger charge is 2.17. The Morgan fingerprint density at radius 3 is 2.94 bits per heavy atom. The first-order chi connectivity index (χ1) is 7.72. The van der Waals surface area contributed by atoms with Gasteiger partial charge in [0.25, 0.3) is 0 Å². The summed E-state index contributed by atoms with van der Waals surface area (Å²) in [5, 5.41) is 3.66. The molecule has 1 saturated heterocycles. The van der Waals surface area contributed by atoms with Gasteiger partial charge in [0.05, 0.1) is 0 Å². The molecule has 0 saturated carbocycles. The lowest BCUT2D eigenvalue weighted by atomic mass is 10.0. The molecule has 0 bridgehead atoms. The van der Waals surface area contributed by atoms with Crippen LogP contribution in [0.3, 0.4) is 0 Å². The Hall–Kier alpha value is -0.520. The van der Waals surface area contributed by atoms with Gasteiger partial charge in [0.2, 0.25) is 0 Å². The molecule has 1 rings (SSSR count). The minimum atomic E-state index is 0.678. The van der Waals surface area contributed by atoms with E-state index in [-0.39, 0.29) is 0 Å². The summed E-state index contributed by atoms with van der Waals surface area (Å²) in [5.41, 5.74) is 0. The zero-order chi connectivity index (χ0) is 11.8. The van der Waals surface area contributed by atoms with Gasteiger partial charge in [-0.3, -0.25) is 0 Å². The Kier molecular flexibility index (Phi) is 6.52. The maximum atomic E-state index is 3.66. The Morgan fingerprint density at radius 2 is 2.25 bits per heavy atom. The summed E-state index contributed by atoms with van der Waals surface area (Å²) in [7, 11) is 0. The van der Waals surface area contributed by atoms with Gasteiger partial charge in [-0.15, -0.1) is 11.8 Å². The predicted octanol–water partition coefficient (Wildman–Crippen LogP) is 2.11. The Morgan fingerprint density at radius 1 is 1.44 bits per heavy atom. The third-order valence-electron chi connectivity index (χ3n) is 3.05. The van der Waals surface area contributed by atoms with Gasteiger partial charge in [-0.1, -0.05) is 13.8 Å². The predicted molar refractivity (Wildman–Crippen MR) is 70.4 cm³/mol. The van der Waals surface area contributed by atoms with Gasteiger partial charge in [-0.25, -0.2) is 0 Å². The smallest absolute Gasteiger partial charge is 0.0216 e. The van der Waals surface area contributed by atoms with E-state index >= 15 is 0 Å². The fraction of sp³-hybridized carbons (Fsp3) is 0.857. The van der Waals surface area contributed by atoms with Crippen LogP contribution in [0.15, 0.2) is 0 Å². The molecular weight excluding hydrogens is 196 g/mol. The van der Waals surface area contributed by atoms with Gasteiger partial charge >= 0.3 is 0 Å². The molecule has 1 heterocycles. The van der Waals surface area contributed by atoms with E-state index in [0.717, 1.165) is 18.9 Å². The average Bonchev–Trinajstić information content (AvgIpc) is 2.43. The van der Waals surface area contributed by atoms with Gasteiger partial charge in [0.15, 0.2) is 0 Å². The number of nitrogens with one attached hydrogen (secondary N) is 1. The molecule has 0 spiro atoms. The van der Waals surface area contributed by atoms with E-state index in [1.54, 1.807) is 0 Å². The maximum Gasteiger partial charge on any atom is 0.0216 e.